The standard InChI is InChI=1S/C29H33FN4O3/c1-20-18-33(19-31-20)26-9-6-22(16-28(26)36-3)15-23-5-4-10-34(29(23)35)21(2)25-8-7-24(30)17-27(25)32-11-13-37-14-12-32/h6-9,15-19,21H,4-5,10-14H2,1-3H3/b23-15+. The van der Waals surface area contributed by atoms with E-state index < -0.39 is 0 Å². The molecule has 7 nitrogen and oxygen atoms in total. The Kier molecular flexibility index (Phi) is 7.28. The van der Waals surface area contributed by atoms with E-state index in [0.29, 0.717) is 45.0 Å². The normalized spacial score (nSPS) is 18.4. The van der Waals surface area contributed by atoms with Crippen LogP contribution in [0.5, 0.6) is 5.75 Å². The van der Waals surface area contributed by atoms with Gasteiger partial charge in [-0.2, -0.15) is 0 Å². The van der Waals surface area contributed by atoms with E-state index >= 15 is 0 Å². The molecule has 1 unspecified atom stereocenters. The van der Waals surface area contributed by atoms with Crippen LogP contribution in [0, 0.1) is 12.7 Å². The van der Waals surface area contributed by atoms with Crippen molar-refractivity contribution in [2.24, 2.45) is 0 Å². The molecule has 194 valence electrons. The van der Waals surface area contributed by atoms with Gasteiger partial charge in [0.2, 0.25) is 5.91 Å². The SMILES string of the molecule is COc1cc(/C=C2\CCCN(C(C)c3ccc(F)cc3N3CCOCC3)C2=O)ccc1-n1cnc(C)c1. The maximum absolute atomic E-state index is 14.2. The number of halogens is 1. The maximum atomic E-state index is 14.2. The van der Waals surface area contributed by atoms with Gasteiger partial charge >= 0.3 is 0 Å². The average Bonchev–Trinajstić information content (AvgIpc) is 3.35. The van der Waals surface area contributed by atoms with E-state index in [-0.39, 0.29) is 17.8 Å². The molecule has 3 aromatic rings. The number of amides is 1. The molecule has 0 N–H and O–H groups in total. The Bertz CT molecular complexity index is 1310. The van der Waals surface area contributed by atoms with Gasteiger partial charge in [-0.3, -0.25) is 4.79 Å². The molecule has 0 spiro atoms. The molecule has 1 amide bonds. The number of imidazole rings is 1. The summed E-state index contributed by atoms with van der Waals surface area (Å²) in [6.45, 7) is 7.28. The van der Waals surface area contributed by atoms with Gasteiger partial charge in [0.1, 0.15) is 11.6 Å². The number of anilines is 1. The van der Waals surface area contributed by atoms with Crippen molar-refractivity contribution >= 4 is 17.7 Å². The third-order valence-electron chi connectivity index (χ3n) is 7.18. The fraction of sp³-hybridized carbons (Fsp3) is 0.379. The van der Waals surface area contributed by atoms with Gasteiger partial charge in [-0.15, -0.1) is 0 Å². The van der Waals surface area contributed by atoms with E-state index in [1.165, 1.54) is 6.07 Å². The molecule has 2 aromatic carbocycles. The lowest BCUT2D eigenvalue weighted by Gasteiger charge is -2.37. The van der Waals surface area contributed by atoms with Gasteiger partial charge < -0.3 is 23.8 Å². The summed E-state index contributed by atoms with van der Waals surface area (Å²) < 4.78 is 27.3. The Balaban J connectivity index is 1.41. The van der Waals surface area contributed by atoms with Crippen molar-refractivity contribution in [1.29, 1.82) is 0 Å². The molecule has 37 heavy (non-hydrogen) atoms. The number of piperidine rings is 1. The quantitative estimate of drug-likeness (QED) is 0.446. The van der Waals surface area contributed by atoms with Crippen LogP contribution in [-0.4, -0.2) is 60.3 Å². The molecule has 0 radical (unpaired) electrons. The van der Waals surface area contributed by atoms with E-state index in [4.69, 9.17) is 9.47 Å². The van der Waals surface area contributed by atoms with E-state index in [2.05, 4.69) is 9.88 Å². The Morgan fingerprint density at radius 1 is 1.11 bits per heavy atom. The fourth-order valence-corrected chi connectivity index (χ4v) is 5.20. The molecule has 2 aliphatic rings. The number of hydrogen-bond acceptors (Lipinski definition) is 5. The van der Waals surface area contributed by atoms with Crippen LogP contribution >= 0.6 is 0 Å². The minimum absolute atomic E-state index is 0.0179. The van der Waals surface area contributed by atoms with Gasteiger partial charge in [-0.25, -0.2) is 9.37 Å². The summed E-state index contributed by atoms with van der Waals surface area (Å²) in [6, 6.07) is 10.6. The number of carbonyl (C=O) groups excluding carboxylic acids is 1. The summed E-state index contributed by atoms with van der Waals surface area (Å²) in [7, 11) is 1.64. The molecule has 0 bridgehead atoms. The van der Waals surface area contributed by atoms with Crippen LogP contribution in [0.4, 0.5) is 10.1 Å². The van der Waals surface area contributed by atoms with Gasteiger partial charge in [0.25, 0.3) is 0 Å². The predicted octanol–water partition coefficient (Wildman–Crippen LogP) is 4.93. The van der Waals surface area contributed by atoms with E-state index in [1.807, 2.05) is 59.9 Å². The van der Waals surface area contributed by atoms with Crippen LogP contribution in [0.1, 0.15) is 42.6 Å². The molecule has 0 aliphatic carbocycles. The topological polar surface area (TPSA) is 59.8 Å². The van der Waals surface area contributed by atoms with Crippen molar-refractivity contribution in [1.82, 2.24) is 14.5 Å². The second-order valence-corrected chi connectivity index (χ2v) is 9.60. The highest BCUT2D eigenvalue weighted by molar-refractivity contribution is 5.99. The number of nitrogens with zero attached hydrogens (tertiary/aromatic N) is 4. The molecule has 1 atom stereocenters. The zero-order valence-electron chi connectivity index (χ0n) is 21.6. The number of likely N-dealkylation sites (tertiary alicyclic amines) is 1. The minimum atomic E-state index is -0.272. The number of hydrogen-bond donors (Lipinski definition) is 0. The lowest BCUT2D eigenvalue weighted by molar-refractivity contribution is -0.130. The largest absolute Gasteiger partial charge is 0.495 e. The smallest absolute Gasteiger partial charge is 0.250 e. The van der Waals surface area contributed by atoms with E-state index in [9.17, 15) is 9.18 Å². The number of rotatable bonds is 6. The van der Waals surface area contributed by atoms with Gasteiger partial charge in [0, 0.05) is 37.1 Å². The second-order valence-electron chi connectivity index (χ2n) is 9.60. The number of ether oxygens (including phenoxy) is 2. The zero-order chi connectivity index (χ0) is 25.9. The first-order valence-corrected chi connectivity index (χ1v) is 12.8. The van der Waals surface area contributed by atoms with Gasteiger partial charge in [-0.1, -0.05) is 12.1 Å². The highest BCUT2D eigenvalue weighted by atomic mass is 19.1. The number of benzene rings is 2. The van der Waals surface area contributed by atoms with Crippen molar-refractivity contribution in [3.63, 3.8) is 0 Å². The van der Waals surface area contributed by atoms with Crippen molar-refractivity contribution in [2.75, 3.05) is 44.9 Å². The fourth-order valence-electron chi connectivity index (χ4n) is 5.20. The molecule has 2 aliphatic heterocycles. The van der Waals surface area contributed by atoms with E-state index in [1.54, 1.807) is 19.5 Å². The first-order chi connectivity index (χ1) is 17.9. The van der Waals surface area contributed by atoms with Crippen molar-refractivity contribution in [3.8, 4) is 11.4 Å². The Morgan fingerprint density at radius 3 is 2.65 bits per heavy atom. The predicted molar refractivity (Wildman–Crippen MR) is 142 cm³/mol. The maximum Gasteiger partial charge on any atom is 0.250 e. The molecule has 2 saturated heterocycles. The number of aromatic nitrogens is 2. The summed E-state index contributed by atoms with van der Waals surface area (Å²) in [6.07, 6.45) is 7.25. The Hall–Kier alpha value is -3.65. The summed E-state index contributed by atoms with van der Waals surface area (Å²) >= 11 is 0. The van der Waals surface area contributed by atoms with Crippen LogP contribution in [0.15, 0.2) is 54.5 Å². The number of methoxy groups -OCH3 is 1. The lowest BCUT2D eigenvalue weighted by atomic mass is 9.96. The molecule has 8 heteroatoms. The number of morpholine rings is 1. The first-order valence-electron chi connectivity index (χ1n) is 12.8. The van der Waals surface area contributed by atoms with Crippen LogP contribution < -0.4 is 9.64 Å². The number of aryl methyl sites for hydroxylation is 1. The van der Waals surface area contributed by atoms with E-state index in [0.717, 1.165) is 40.2 Å². The van der Waals surface area contributed by atoms with Crippen molar-refractivity contribution in [3.05, 3.63) is 77.1 Å². The molecule has 1 aromatic heterocycles. The first kappa shape index (κ1) is 25.0. The van der Waals surface area contributed by atoms with Crippen LogP contribution in [0.2, 0.25) is 0 Å². The minimum Gasteiger partial charge on any atom is -0.495 e. The van der Waals surface area contributed by atoms with Gasteiger partial charge in [-0.05, 0) is 68.2 Å². The van der Waals surface area contributed by atoms with Crippen molar-refractivity contribution in [2.45, 2.75) is 32.7 Å². The third-order valence-corrected chi connectivity index (χ3v) is 7.18. The molecule has 2 fully saturated rings. The van der Waals surface area contributed by atoms with Crippen molar-refractivity contribution < 1.29 is 18.7 Å². The van der Waals surface area contributed by atoms with Crippen LogP contribution in [-0.2, 0) is 9.53 Å². The number of carbonyl (C=O) groups is 1. The lowest BCUT2D eigenvalue weighted by Crippen LogP contribution is -2.41. The van der Waals surface area contributed by atoms with Gasteiger partial charge in [0.15, 0.2) is 0 Å². The van der Waals surface area contributed by atoms with Crippen LogP contribution in [0.3, 0.4) is 0 Å². The van der Waals surface area contributed by atoms with Gasteiger partial charge in [0.05, 0.1) is 44.1 Å². The molecule has 5 rings (SSSR count). The zero-order valence-corrected chi connectivity index (χ0v) is 21.6. The van der Waals surface area contributed by atoms with Crippen LogP contribution in [0.25, 0.3) is 11.8 Å². The third kappa shape index (κ3) is 5.25. The Labute approximate surface area is 217 Å². The summed E-state index contributed by atoms with van der Waals surface area (Å²) in [5.74, 6) is 0.456. The summed E-state index contributed by atoms with van der Waals surface area (Å²) in [5.41, 5.74) is 5.29. The molecular weight excluding hydrogens is 471 g/mol. The summed E-state index contributed by atoms with van der Waals surface area (Å²) in [5, 5.41) is 0. The Morgan fingerprint density at radius 2 is 1.92 bits per heavy atom. The highest BCUT2D eigenvalue weighted by Crippen LogP contribution is 2.35. The molecule has 3 heterocycles. The highest BCUT2D eigenvalue weighted by Gasteiger charge is 2.30. The molecule has 0 saturated carbocycles. The monoisotopic (exact) mass is 504 g/mol. The molecular formula is C29H33FN4O3. The average molecular weight is 505 g/mol. The second kappa shape index (κ2) is 10.8. The summed E-state index contributed by atoms with van der Waals surface area (Å²) in [4.78, 5) is 22.0.